The summed E-state index contributed by atoms with van der Waals surface area (Å²) >= 11 is 0. The molecular formula is C17H22N2O3. The van der Waals surface area contributed by atoms with Crippen LogP contribution in [0, 0.1) is 0 Å². The molecule has 2 aliphatic heterocycles. The van der Waals surface area contributed by atoms with Gasteiger partial charge in [0.2, 0.25) is 11.8 Å². The van der Waals surface area contributed by atoms with Crippen LogP contribution in [-0.4, -0.2) is 49.1 Å². The quantitative estimate of drug-likeness (QED) is 0.852. The van der Waals surface area contributed by atoms with Gasteiger partial charge >= 0.3 is 0 Å². The van der Waals surface area contributed by atoms with Gasteiger partial charge in [0.05, 0.1) is 19.1 Å². The number of carbonyl (C=O) groups excluding carboxylic acids is 2. The van der Waals surface area contributed by atoms with E-state index in [1.165, 1.54) is 0 Å². The van der Waals surface area contributed by atoms with Crippen molar-refractivity contribution in [3.63, 3.8) is 0 Å². The van der Waals surface area contributed by atoms with E-state index < -0.39 is 0 Å². The van der Waals surface area contributed by atoms with Gasteiger partial charge in [0.1, 0.15) is 0 Å². The number of rotatable bonds is 3. The average molecular weight is 302 g/mol. The Labute approximate surface area is 130 Å². The molecule has 5 nitrogen and oxygen atoms in total. The fraction of sp³-hybridized carbons (Fsp3) is 0.529. The predicted octanol–water partition coefficient (Wildman–Crippen LogP) is 1.60. The number of amides is 2. The monoisotopic (exact) mass is 302 g/mol. The fourth-order valence-corrected chi connectivity index (χ4v) is 3.05. The van der Waals surface area contributed by atoms with Crippen LogP contribution in [0.4, 0.5) is 5.69 Å². The summed E-state index contributed by atoms with van der Waals surface area (Å²) < 4.78 is 5.46. The third kappa shape index (κ3) is 3.30. The van der Waals surface area contributed by atoms with Crippen LogP contribution in [0.1, 0.15) is 25.3 Å². The number of nitrogens with zero attached hydrogens (tertiary/aromatic N) is 2. The van der Waals surface area contributed by atoms with Gasteiger partial charge in [-0.2, -0.15) is 0 Å². The van der Waals surface area contributed by atoms with Gasteiger partial charge in [-0.05, 0) is 31.0 Å². The lowest BCUT2D eigenvalue weighted by Gasteiger charge is -2.31. The Kier molecular flexibility index (Phi) is 4.43. The molecular weight excluding hydrogens is 280 g/mol. The average Bonchev–Trinajstić information content (AvgIpc) is 2.94. The molecule has 22 heavy (non-hydrogen) atoms. The minimum Gasteiger partial charge on any atom is -0.375 e. The van der Waals surface area contributed by atoms with Gasteiger partial charge in [0, 0.05) is 31.7 Å². The summed E-state index contributed by atoms with van der Waals surface area (Å²) in [5.41, 5.74) is 1.92. The van der Waals surface area contributed by atoms with E-state index in [2.05, 4.69) is 0 Å². The van der Waals surface area contributed by atoms with Crippen LogP contribution in [0.3, 0.4) is 0 Å². The standard InChI is InChI=1S/C17H22N2O3/c1-13-12-18(9-10-22-13)17(21)11-14-4-6-15(7-5-14)19-8-2-3-16(19)20/h4-7,13H,2-3,8-12H2,1H3/t13-/m0/s1. The van der Waals surface area contributed by atoms with Gasteiger partial charge in [-0.1, -0.05) is 12.1 Å². The van der Waals surface area contributed by atoms with E-state index in [-0.39, 0.29) is 17.9 Å². The minimum atomic E-state index is 0.112. The molecule has 0 saturated carbocycles. The second-order valence-corrected chi connectivity index (χ2v) is 6.01. The molecule has 2 saturated heterocycles. The van der Waals surface area contributed by atoms with Gasteiger partial charge in [-0.25, -0.2) is 0 Å². The van der Waals surface area contributed by atoms with E-state index in [4.69, 9.17) is 4.74 Å². The topological polar surface area (TPSA) is 49.9 Å². The van der Waals surface area contributed by atoms with Crippen LogP contribution < -0.4 is 4.90 Å². The molecule has 1 atom stereocenters. The summed E-state index contributed by atoms with van der Waals surface area (Å²) in [5, 5.41) is 0. The number of hydrogen-bond acceptors (Lipinski definition) is 3. The third-order valence-corrected chi connectivity index (χ3v) is 4.27. The highest BCUT2D eigenvalue weighted by atomic mass is 16.5. The Bertz CT molecular complexity index is 556. The maximum Gasteiger partial charge on any atom is 0.227 e. The van der Waals surface area contributed by atoms with Crippen LogP contribution in [0.15, 0.2) is 24.3 Å². The molecule has 118 valence electrons. The molecule has 0 radical (unpaired) electrons. The van der Waals surface area contributed by atoms with Crippen LogP contribution in [0.2, 0.25) is 0 Å². The van der Waals surface area contributed by atoms with Crippen molar-refractivity contribution in [2.75, 3.05) is 31.1 Å². The van der Waals surface area contributed by atoms with Crippen molar-refractivity contribution in [1.82, 2.24) is 4.90 Å². The molecule has 0 bridgehead atoms. The summed E-state index contributed by atoms with van der Waals surface area (Å²) in [5.74, 6) is 0.325. The Morgan fingerprint density at radius 2 is 2.05 bits per heavy atom. The van der Waals surface area contributed by atoms with E-state index in [1.54, 1.807) is 0 Å². The number of ether oxygens (including phenoxy) is 1. The number of hydrogen-bond donors (Lipinski definition) is 0. The fourth-order valence-electron chi connectivity index (χ4n) is 3.05. The smallest absolute Gasteiger partial charge is 0.227 e. The minimum absolute atomic E-state index is 0.112. The first-order valence-electron chi connectivity index (χ1n) is 7.92. The van der Waals surface area contributed by atoms with Crippen LogP contribution in [0.25, 0.3) is 0 Å². The maximum atomic E-state index is 12.3. The molecule has 2 amide bonds. The van der Waals surface area contributed by atoms with E-state index in [1.807, 2.05) is 41.0 Å². The molecule has 3 rings (SSSR count). The molecule has 0 N–H and O–H groups in total. The first-order chi connectivity index (χ1) is 10.6. The number of morpholine rings is 1. The Morgan fingerprint density at radius 3 is 2.68 bits per heavy atom. The molecule has 0 aromatic heterocycles. The Balaban J connectivity index is 1.61. The van der Waals surface area contributed by atoms with E-state index >= 15 is 0 Å². The highest BCUT2D eigenvalue weighted by molar-refractivity contribution is 5.95. The van der Waals surface area contributed by atoms with Crippen molar-refractivity contribution in [2.45, 2.75) is 32.3 Å². The zero-order valence-corrected chi connectivity index (χ0v) is 13.0. The third-order valence-electron chi connectivity index (χ3n) is 4.27. The van der Waals surface area contributed by atoms with Crippen molar-refractivity contribution in [3.8, 4) is 0 Å². The molecule has 1 aromatic rings. The zero-order valence-electron chi connectivity index (χ0n) is 13.0. The molecule has 0 unspecified atom stereocenters. The van der Waals surface area contributed by atoms with Crippen molar-refractivity contribution < 1.29 is 14.3 Å². The van der Waals surface area contributed by atoms with E-state index in [0.29, 0.717) is 32.5 Å². The number of anilines is 1. The van der Waals surface area contributed by atoms with Crippen LogP contribution >= 0.6 is 0 Å². The summed E-state index contributed by atoms with van der Waals surface area (Å²) in [4.78, 5) is 27.7. The van der Waals surface area contributed by atoms with Gasteiger partial charge in [0.15, 0.2) is 0 Å². The Morgan fingerprint density at radius 1 is 1.27 bits per heavy atom. The van der Waals surface area contributed by atoms with Crippen LogP contribution in [-0.2, 0) is 20.7 Å². The van der Waals surface area contributed by atoms with Gasteiger partial charge in [0.25, 0.3) is 0 Å². The highest BCUT2D eigenvalue weighted by Crippen LogP contribution is 2.22. The second kappa shape index (κ2) is 6.48. The number of benzene rings is 1. The normalized spacial score (nSPS) is 22.2. The summed E-state index contributed by atoms with van der Waals surface area (Å²) in [7, 11) is 0. The van der Waals surface area contributed by atoms with Crippen molar-refractivity contribution in [3.05, 3.63) is 29.8 Å². The second-order valence-electron chi connectivity index (χ2n) is 6.01. The van der Waals surface area contributed by atoms with Gasteiger partial charge in [-0.3, -0.25) is 9.59 Å². The van der Waals surface area contributed by atoms with Crippen molar-refractivity contribution in [2.24, 2.45) is 0 Å². The largest absolute Gasteiger partial charge is 0.375 e. The number of carbonyl (C=O) groups is 2. The van der Waals surface area contributed by atoms with E-state index in [0.717, 1.165) is 24.2 Å². The van der Waals surface area contributed by atoms with E-state index in [9.17, 15) is 9.59 Å². The molecule has 0 aliphatic carbocycles. The molecule has 2 fully saturated rings. The molecule has 2 heterocycles. The summed E-state index contributed by atoms with van der Waals surface area (Å²) in [6, 6.07) is 7.77. The maximum absolute atomic E-state index is 12.3. The van der Waals surface area contributed by atoms with Crippen molar-refractivity contribution in [1.29, 1.82) is 0 Å². The first-order valence-corrected chi connectivity index (χ1v) is 7.92. The SMILES string of the molecule is C[C@H]1CN(C(=O)Cc2ccc(N3CCCC3=O)cc2)CCO1. The molecule has 1 aromatic carbocycles. The summed E-state index contributed by atoms with van der Waals surface area (Å²) in [6.45, 7) is 4.73. The first kappa shape index (κ1) is 15.0. The molecule has 0 spiro atoms. The summed E-state index contributed by atoms with van der Waals surface area (Å²) in [6.07, 6.45) is 2.08. The van der Waals surface area contributed by atoms with Gasteiger partial charge in [-0.15, -0.1) is 0 Å². The molecule has 2 aliphatic rings. The van der Waals surface area contributed by atoms with Crippen molar-refractivity contribution >= 4 is 17.5 Å². The lowest BCUT2D eigenvalue weighted by Crippen LogP contribution is -2.45. The Hall–Kier alpha value is -1.88. The predicted molar refractivity (Wildman–Crippen MR) is 83.7 cm³/mol. The lowest BCUT2D eigenvalue weighted by atomic mass is 10.1. The van der Waals surface area contributed by atoms with Gasteiger partial charge < -0.3 is 14.5 Å². The lowest BCUT2D eigenvalue weighted by molar-refractivity contribution is -0.137. The van der Waals surface area contributed by atoms with Crippen LogP contribution in [0.5, 0.6) is 0 Å². The zero-order chi connectivity index (χ0) is 15.5. The highest BCUT2D eigenvalue weighted by Gasteiger charge is 2.23. The molecule has 5 heteroatoms.